The lowest BCUT2D eigenvalue weighted by Crippen LogP contribution is -3.12. The molecule has 28 heavy (non-hydrogen) atoms. The van der Waals surface area contributed by atoms with E-state index < -0.39 is 0 Å². The first kappa shape index (κ1) is 18.8. The van der Waals surface area contributed by atoms with Crippen LogP contribution in [0.2, 0.25) is 0 Å². The van der Waals surface area contributed by atoms with Crippen molar-refractivity contribution in [3.05, 3.63) is 75.6 Å². The molecule has 3 aromatic rings. The quantitative estimate of drug-likeness (QED) is 0.666. The number of benzene rings is 2. The minimum atomic E-state index is -0.267. The van der Waals surface area contributed by atoms with Gasteiger partial charge in [-0.05, 0) is 36.1 Å². The fourth-order valence-electron chi connectivity index (χ4n) is 4.15. The molecule has 0 fully saturated rings. The van der Waals surface area contributed by atoms with E-state index in [4.69, 9.17) is 9.15 Å². The highest BCUT2D eigenvalue weighted by molar-refractivity contribution is 5.85. The highest BCUT2D eigenvalue weighted by atomic mass is 16.5. The SMILES string of the molecule is CCCCc1cc(=O)oc2c3c(ccc12)OC[NH+](C[C@@H](C)c1ccccc1)C3. The second-order valence-corrected chi connectivity index (χ2v) is 7.84. The lowest BCUT2D eigenvalue weighted by molar-refractivity contribution is -0.933. The van der Waals surface area contributed by atoms with Gasteiger partial charge in [0.2, 0.25) is 6.73 Å². The van der Waals surface area contributed by atoms with Crippen molar-refractivity contribution in [3.8, 4) is 5.75 Å². The monoisotopic (exact) mass is 378 g/mol. The first-order valence-corrected chi connectivity index (χ1v) is 10.3. The average molecular weight is 378 g/mol. The summed E-state index contributed by atoms with van der Waals surface area (Å²) in [6.07, 6.45) is 3.07. The van der Waals surface area contributed by atoms with Gasteiger partial charge in [0, 0.05) is 17.4 Å². The Kier molecular flexibility index (Phi) is 5.49. The summed E-state index contributed by atoms with van der Waals surface area (Å²) in [6.45, 7) is 6.83. The molecular weight excluding hydrogens is 350 g/mol. The van der Waals surface area contributed by atoms with E-state index in [0.717, 1.165) is 54.6 Å². The summed E-state index contributed by atoms with van der Waals surface area (Å²) >= 11 is 0. The fraction of sp³-hybridized carbons (Fsp3) is 0.375. The summed E-state index contributed by atoms with van der Waals surface area (Å²) in [5.41, 5.74) is 3.89. The Bertz CT molecular complexity index is 1010. The zero-order valence-electron chi connectivity index (χ0n) is 16.7. The Hall–Kier alpha value is -2.59. The molecule has 1 N–H and O–H groups in total. The van der Waals surface area contributed by atoms with E-state index in [1.165, 1.54) is 10.5 Å². The lowest BCUT2D eigenvalue weighted by Gasteiger charge is -2.28. The van der Waals surface area contributed by atoms with E-state index in [1.54, 1.807) is 6.07 Å². The van der Waals surface area contributed by atoms with E-state index in [0.29, 0.717) is 18.2 Å². The average Bonchev–Trinajstić information content (AvgIpc) is 2.72. The number of fused-ring (bicyclic) bond motifs is 3. The number of hydrogen-bond acceptors (Lipinski definition) is 3. The third-order valence-electron chi connectivity index (χ3n) is 5.68. The zero-order chi connectivity index (χ0) is 19.5. The topological polar surface area (TPSA) is 43.9 Å². The van der Waals surface area contributed by atoms with Crippen LogP contribution >= 0.6 is 0 Å². The van der Waals surface area contributed by atoms with E-state index in [9.17, 15) is 4.79 Å². The molecule has 0 amide bonds. The third kappa shape index (κ3) is 3.83. The van der Waals surface area contributed by atoms with Crippen molar-refractivity contribution in [2.24, 2.45) is 0 Å². The van der Waals surface area contributed by atoms with Crippen LogP contribution in [0.15, 0.2) is 57.7 Å². The summed E-state index contributed by atoms with van der Waals surface area (Å²) in [5.74, 6) is 1.28. The minimum Gasteiger partial charge on any atom is -0.445 e. The van der Waals surface area contributed by atoms with Gasteiger partial charge in [0.15, 0.2) is 5.58 Å². The smallest absolute Gasteiger partial charge is 0.336 e. The molecule has 4 rings (SSSR count). The molecular formula is C24H28NO3+. The predicted octanol–water partition coefficient (Wildman–Crippen LogP) is 3.67. The summed E-state index contributed by atoms with van der Waals surface area (Å²) < 4.78 is 11.7. The van der Waals surface area contributed by atoms with Gasteiger partial charge >= 0.3 is 5.63 Å². The molecule has 0 aliphatic carbocycles. The molecule has 2 aromatic carbocycles. The molecule has 4 heteroatoms. The van der Waals surface area contributed by atoms with Gasteiger partial charge in [-0.15, -0.1) is 0 Å². The first-order valence-electron chi connectivity index (χ1n) is 10.3. The van der Waals surface area contributed by atoms with Crippen molar-refractivity contribution in [3.63, 3.8) is 0 Å². The van der Waals surface area contributed by atoms with Crippen LogP contribution in [-0.2, 0) is 13.0 Å². The van der Waals surface area contributed by atoms with Crippen LogP contribution in [-0.4, -0.2) is 13.3 Å². The van der Waals surface area contributed by atoms with E-state index in [-0.39, 0.29) is 5.63 Å². The van der Waals surface area contributed by atoms with Gasteiger partial charge in [-0.25, -0.2) is 4.79 Å². The molecule has 0 spiro atoms. The number of aryl methyl sites for hydroxylation is 1. The molecule has 2 heterocycles. The standard InChI is InChI=1S/C24H27NO3/c1-3-4-8-19-13-23(26)28-24-20(19)11-12-22-21(24)15-25(16-27-22)14-17(2)18-9-6-5-7-10-18/h5-7,9-13,17H,3-4,8,14-16H2,1-2H3/p+1/t17-/m1/s1. The number of quaternary nitrogens is 1. The maximum atomic E-state index is 12.2. The van der Waals surface area contributed by atoms with Gasteiger partial charge in [0.25, 0.3) is 0 Å². The van der Waals surface area contributed by atoms with Crippen LogP contribution in [0.3, 0.4) is 0 Å². The lowest BCUT2D eigenvalue weighted by atomic mass is 9.99. The predicted molar refractivity (Wildman–Crippen MR) is 111 cm³/mol. The van der Waals surface area contributed by atoms with Crippen molar-refractivity contribution in [1.29, 1.82) is 0 Å². The largest absolute Gasteiger partial charge is 0.445 e. The molecule has 146 valence electrons. The molecule has 2 atom stereocenters. The Morgan fingerprint density at radius 1 is 1.14 bits per heavy atom. The fourth-order valence-corrected chi connectivity index (χ4v) is 4.15. The van der Waals surface area contributed by atoms with Crippen molar-refractivity contribution in [2.45, 2.75) is 45.6 Å². The summed E-state index contributed by atoms with van der Waals surface area (Å²) in [6, 6.07) is 16.3. The molecule has 0 saturated heterocycles. The maximum absolute atomic E-state index is 12.2. The molecule has 1 aliphatic heterocycles. The third-order valence-corrected chi connectivity index (χ3v) is 5.68. The molecule has 1 aromatic heterocycles. The number of nitrogens with one attached hydrogen (secondary N) is 1. The molecule has 4 nitrogen and oxygen atoms in total. The Morgan fingerprint density at radius 2 is 1.96 bits per heavy atom. The highest BCUT2D eigenvalue weighted by Gasteiger charge is 2.26. The Labute approximate surface area is 165 Å². The summed E-state index contributed by atoms with van der Waals surface area (Å²) in [4.78, 5) is 13.5. The molecule has 1 aliphatic rings. The van der Waals surface area contributed by atoms with Gasteiger partial charge < -0.3 is 9.15 Å². The Balaban J connectivity index is 1.63. The summed E-state index contributed by atoms with van der Waals surface area (Å²) in [5, 5.41) is 1.05. The van der Waals surface area contributed by atoms with Crippen molar-refractivity contribution in [2.75, 3.05) is 13.3 Å². The summed E-state index contributed by atoms with van der Waals surface area (Å²) in [7, 11) is 0. The van der Waals surface area contributed by atoms with Crippen LogP contribution in [0.1, 0.15) is 49.3 Å². The number of rotatable bonds is 6. The molecule has 1 unspecified atom stereocenters. The molecule has 0 bridgehead atoms. The minimum absolute atomic E-state index is 0.267. The van der Waals surface area contributed by atoms with Gasteiger partial charge in [-0.1, -0.05) is 50.6 Å². The van der Waals surface area contributed by atoms with Crippen LogP contribution < -0.4 is 15.3 Å². The number of hydrogen-bond donors (Lipinski definition) is 1. The second-order valence-electron chi connectivity index (χ2n) is 7.84. The number of unbranched alkanes of at least 4 members (excludes halogenated alkanes) is 1. The van der Waals surface area contributed by atoms with Gasteiger partial charge in [0.05, 0.1) is 12.1 Å². The molecule has 0 saturated carbocycles. The van der Waals surface area contributed by atoms with Crippen LogP contribution in [0.4, 0.5) is 0 Å². The van der Waals surface area contributed by atoms with Crippen molar-refractivity contribution >= 4 is 11.0 Å². The first-order chi connectivity index (χ1) is 13.7. The molecule has 0 radical (unpaired) electrons. The van der Waals surface area contributed by atoms with Crippen LogP contribution in [0, 0.1) is 0 Å². The van der Waals surface area contributed by atoms with Crippen molar-refractivity contribution < 1.29 is 14.1 Å². The van der Waals surface area contributed by atoms with E-state index >= 15 is 0 Å². The Morgan fingerprint density at radius 3 is 2.75 bits per heavy atom. The van der Waals surface area contributed by atoms with Gasteiger partial charge in [0.1, 0.15) is 12.3 Å². The van der Waals surface area contributed by atoms with E-state index in [2.05, 4.69) is 38.1 Å². The van der Waals surface area contributed by atoms with Gasteiger partial charge in [-0.2, -0.15) is 0 Å². The zero-order valence-corrected chi connectivity index (χ0v) is 16.7. The highest BCUT2D eigenvalue weighted by Crippen LogP contribution is 2.30. The number of ether oxygens (including phenoxy) is 1. The maximum Gasteiger partial charge on any atom is 0.336 e. The normalized spacial score (nSPS) is 17.1. The second kappa shape index (κ2) is 8.19. The van der Waals surface area contributed by atoms with E-state index in [1.807, 2.05) is 18.2 Å². The van der Waals surface area contributed by atoms with Crippen LogP contribution in [0.5, 0.6) is 5.75 Å². The van der Waals surface area contributed by atoms with Crippen LogP contribution in [0.25, 0.3) is 11.0 Å². The van der Waals surface area contributed by atoms with Crippen molar-refractivity contribution in [1.82, 2.24) is 0 Å². The van der Waals surface area contributed by atoms with Gasteiger partial charge in [-0.3, -0.25) is 4.90 Å².